The first-order chi connectivity index (χ1) is 13.5. The van der Waals surface area contributed by atoms with Crippen molar-refractivity contribution in [3.05, 3.63) is 28.6 Å². The monoisotopic (exact) mass is 384 g/mol. The molecule has 7 heteroatoms. The zero-order valence-corrected chi connectivity index (χ0v) is 16.7. The number of hydrogen-bond donors (Lipinski definition) is 1. The van der Waals surface area contributed by atoms with Crippen LogP contribution < -0.4 is 5.32 Å². The molecule has 1 unspecified atom stereocenters. The van der Waals surface area contributed by atoms with Crippen molar-refractivity contribution in [1.29, 1.82) is 5.26 Å². The maximum Gasteiger partial charge on any atom is 0.262 e. The van der Waals surface area contributed by atoms with Gasteiger partial charge in [-0.25, -0.2) is 0 Å². The molecule has 0 spiro atoms. The zero-order valence-electron chi connectivity index (χ0n) is 16.7. The van der Waals surface area contributed by atoms with Crippen LogP contribution in [0.5, 0.6) is 0 Å². The van der Waals surface area contributed by atoms with Crippen LogP contribution in [0.25, 0.3) is 6.08 Å². The summed E-state index contributed by atoms with van der Waals surface area (Å²) in [6.07, 6.45) is 5.97. The molecule has 0 aromatic carbocycles. The van der Waals surface area contributed by atoms with Crippen molar-refractivity contribution in [3.63, 3.8) is 0 Å². The number of aryl methyl sites for hydroxylation is 1. The Hall–Kier alpha value is -2.59. The molecular formula is C21H28N4O3. The van der Waals surface area contributed by atoms with E-state index in [-0.39, 0.29) is 24.1 Å². The van der Waals surface area contributed by atoms with Gasteiger partial charge in [-0.2, -0.15) is 5.26 Å². The number of carbonyl (C=O) groups is 2. The predicted octanol–water partition coefficient (Wildman–Crippen LogP) is 1.93. The maximum atomic E-state index is 12.4. The molecule has 0 radical (unpaired) electrons. The number of aromatic nitrogens is 1. The fraction of sp³-hybridized carbons (Fsp3) is 0.571. The maximum absolute atomic E-state index is 12.4. The Balaban J connectivity index is 1.66. The summed E-state index contributed by atoms with van der Waals surface area (Å²) in [5, 5.41) is 12.0. The molecule has 0 aliphatic carbocycles. The van der Waals surface area contributed by atoms with Crippen LogP contribution in [-0.4, -0.2) is 53.6 Å². The van der Waals surface area contributed by atoms with Crippen LogP contribution in [0.3, 0.4) is 0 Å². The Morgan fingerprint density at radius 2 is 2.07 bits per heavy atom. The molecule has 2 amide bonds. The summed E-state index contributed by atoms with van der Waals surface area (Å²) in [6.45, 7) is 7.00. The zero-order chi connectivity index (χ0) is 20.1. The highest BCUT2D eigenvalue weighted by atomic mass is 16.5. The molecule has 2 saturated heterocycles. The van der Waals surface area contributed by atoms with E-state index >= 15 is 0 Å². The van der Waals surface area contributed by atoms with Gasteiger partial charge in [0, 0.05) is 37.6 Å². The minimum atomic E-state index is -0.515. The standard InChI is InChI=1S/C21H28N4O3/c1-15-10-17(16(2)25(15)14-19-6-5-9-28-19)11-18(12-22)21(27)23-13-20(26)24-7-3-4-8-24/h10-11,19H,3-9,13-14H2,1-2H3,(H,23,27)/b18-11+. The molecule has 3 heterocycles. The number of hydrogen-bond acceptors (Lipinski definition) is 4. The molecule has 0 saturated carbocycles. The molecule has 28 heavy (non-hydrogen) atoms. The molecule has 1 aromatic rings. The number of ether oxygens (including phenoxy) is 1. The Kier molecular flexibility index (Phi) is 6.53. The van der Waals surface area contributed by atoms with Crippen LogP contribution in [-0.2, 0) is 20.9 Å². The molecule has 2 fully saturated rings. The topological polar surface area (TPSA) is 87.4 Å². The first-order valence-electron chi connectivity index (χ1n) is 9.95. The quantitative estimate of drug-likeness (QED) is 0.600. The fourth-order valence-corrected chi connectivity index (χ4v) is 3.88. The number of rotatable bonds is 6. The van der Waals surface area contributed by atoms with Gasteiger partial charge in [-0.05, 0) is 57.2 Å². The highest BCUT2D eigenvalue weighted by Crippen LogP contribution is 2.22. The second-order valence-corrected chi connectivity index (χ2v) is 7.51. The molecule has 0 bridgehead atoms. The highest BCUT2D eigenvalue weighted by molar-refractivity contribution is 6.03. The van der Waals surface area contributed by atoms with Gasteiger partial charge in [-0.15, -0.1) is 0 Å². The van der Waals surface area contributed by atoms with E-state index in [4.69, 9.17) is 4.74 Å². The van der Waals surface area contributed by atoms with E-state index in [0.29, 0.717) is 0 Å². The number of amides is 2. The molecule has 1 aromatic heterocycles. The third kappa shape index (κ3) is 4.63. The van der Waals surface area contributed by atoms with Gasteiger partial charge in [0.25, 0.3) is 5.91 Å². The summed E-state index contributed by atoms with van der Waals surface area (Å²) in [4.78, 5) is 26.2. The van der Waals surface area contributed by atoms with Crippen LogP contribution in [0.2, 0.25) is 0 Å². The number of nitriles is 1. The lowest BCUT2D eigenvalue weighted by molar-refractivity contribution is -0.131. The van der Waals surface area contributed by atoms with Gasteiger partial charge in [0.1, 0.15) is 11.6 Å². The lowest BCUT2D eigenvalue weighted by Gasteiger charge is -2.15. The van der Waals surface area contributed by atoms with Crippen LogP contribution in [0.1, 0.15) is 42.6 Å². The minimum Gasteiger partial charge on any atom is -0.376 e. The van der Waals surface area contributed by atoms with Crippen molar-refractivity contribution in [2.24, 2.45) is 0 Å². The van der Waals surface area contributed by atoms with Gasteiger partial charge in [0.05, 0.1) is 12.6 Å². The number of carbonyl (C=O) groups excluding carboxylic acids is 2. The summed E-state index contributed by atoms with van der Waals surface area (Å²) < 4.78 is 7.90. The van der Waals surface area contributed by atoms with Gasteiger partial charge < -0.3 is 19.5 Å². The predicted molar refractivity (Wildman–Crippen MR) is 105 cm³/mol. The molecule has 3 rings (SSSR count). The first kappa shape index (κ1) is 20.2. The summed E-state index contributed by atoms with van der Waals surface area (Å²) >= 11 is 0. The number of likely N-dealkylation sites (tertiary alicyclic amines) is 1. The van der Waals surface area contributed by atoms with Crippen molar-refractivity contribution in [2.45, 2.75) is 52.2 Å². The van der Waals surface area contributed by atoms with E-state index in [0.717, 1.165) is 68.9 Å². The van der Waals surface area contributed by atoms with Crippen molar-refractivity contribution in [1.82, 2.24) is 14.8 Å². The fourth-order valence-electron chi connectivity index (χ4n) is 3.88. The van der Waals surface area contributed by atoms with Gasteiger partial charge in [0.2, 0.25) is 5.91 Å². The Morgan fingerprint density at radius 1 is 1.32 bits per heavy atom. The Labute approximate surface area is 165 Å². The second-order valence-electron chi connectivity index (χ2n) is 7.51. The molecule has 7 nitrogen and oxygen atoms in total. The van der Waals surface area contributed by atoms with Crippen molar-refractivity contribution < 1.29 is 14.3 Å². The van der Waals surface area contributed by atoms with Crippen LogP contribution >= 0.6 is 0 Å². The van der Waals surface area contributed by atoms with Crippen LogP contribution in [0.15, 0.2) is 11.6 Å². The molecule has 1 N–H and O–H groups in total. The van der Waals surface area contributed by atoms with Crippen molar-refractivity contribution in [2.75, 3.05) is 26.2 Å². The van der Waals surface area contributed by atoms with E-state index in [1.165, 1.54) is 0 Å². The van der Waals surface area contributed by atoms with E-state index in [1.54, 1.807) is 11.0 Å². The lowest BCUT2D eigenvalue weighted by Crippen LogP contribution is -2.39. The third-order valence-corrected chi connectivity index (χ3v) is 5.55. The van der Waals surface area contributed by atoms with E-state index in [9.17, 15) is 14.9 Å². The summed E-state index contributed by atoms with van der Waals surface area (Å²) in [5.74, 6) is -0.614. The van der Waals surface area contributed by atoms with Crippen LogP contribution in [0, 0.1) is 25.2 Å². The number of nitrogens with one attached hydrogen (secondary N) is 1. The van der Waals surface area contributed by atoms with Crippen molar-refractivity contribution >= 4 is 17.9 Å². The van der Waals surface area contributed by atoms with E-state index in [1.807, 2.05) is 26.0 Å². The SMILES string of the molecule is Cc1cc(/C=C(\C#N)C(=O)NCC(=O)N2CCCC2)c(C)n1CC1CCCO1. The largest absolute Gasteiger partial charge is 0.376 e. The molecule has 2 aliphatic heterocycles. The van der Waals surface area contributed by atoms with E-state index in [2.05, 4.69) is 9.88 Å². The minimum absolute atomic E-state index is 0.00610. The summed E-state index contributed by atoms with van der Waals surface area (Å²) in [6, 6.07) is 3.94. The summed E-state index contributed by atoms with van der Waals surface area (Å²) in [5.41, 5.74) is 2.92. The van der Waals surface area contributed by atoms with Crippen molar-refractivity contribution in [3.8, 4) is 6.07 Å². The lowest BCUT2D eigenvalue weighted by atomic mass is 10.1. The second kappa shape index (κ2) is 9.07. The van der Waals surface area contributed by atoms with Crippen LogP contribution in [0.4, 0.5) is 0 Å². The Morgan fingerprint density at radius 3 is 2.71 bits per heavy atom. The third-order valence-electron chi connectivity index (χ3n) is 5.55. The normalized spacial score (nSPS) is 19.7. The molecule has 1 atom stereocenters. The Bertz CT molecular complexity index is 806. The van der Waals surface area contributed by atoms with Gasteiger partial charge in [-0.1, -0.05) is 0 Å². The smallest absolute Gasteiger partial charge is 0.262 e. The van der Waals surface area contributed by atoms with Gasteiger partial charge >= 0.3 is 0 Å². The van der Waals surface area contributed by atoms with E-state index < -0.39 is 5.91 Å². The number of nitrogens with zero attached hydrogens (tertiary/aromatic N) is 3. The van der Waals surface area contributed by atoms with Gasteiger partial charge in [0.15, 0.2) is 0 Å². The average molecular weight is 384 g/mol. The molecular weight excluding hydrogens is 356 g/mol. The first-order valence-corrected chi connectivity index (χ1v) is 9.95. The molecule has 150 valence electrons. The van der Waals surface area contributed by atoms with Gasteiger partial charge in [-0.3, -0.25) is 9.59 Å². The summed E-state index contributed by atoms with van der Waals surface area (Å²) in [7, 11) is 0. The molecule has 2 aliphatic rings. The average Bonchev–Trinajstić information content (AvgIpc) is 3.43. The highest BCUT2D eigenvalue weighted by Gasteiger charge is 2.21.